The van der Waals surface area contributed by atoms with E-state index in [1.54, 1.807) is 0 Å². The molecule has 2 amide bonds. The van der Waals surface area contributed by atoms with Gasteiger partial charge >= 0.3 is 0 Å². The molecule has 0 aliphatic heterocycles. The van der Waals surface area contributed by atoms with Gasteiger partial charge in [-0.25, -0.2) is 4.39 Å². The fourth-order valence-corrected chi connectivity index (χ4v) is 1.31. The molecule has 0 saturated heterocycles. The van der Waals surface area contributed by atoms with Crippen molar-refractivity contribution < 1.29 is 19.1 Å². The number of nitrogens with one attached hydrogen (secondary N) is 2. The van der Waals surface area contributed by atoms with Gasteiger partial charge in [0.05, 0.1) is 6.54 Å². The van der Waals surface area contributed by atoms with E-state index in [-0.39, 0.29) is 12.5 Å². The topological polar surface area (TPSA) is 78.4 Å². The van der Waals surface area contributed by atoms with Crippen LogP contribution in [0.2, 0.25) is 0 Å². The predicted molar refractivity (Wildman–Crippen MR) is 63.7 cm³/mol. The van der Waals surface area contributed by atoms with Crippen LogP contribution in [0.1, 0.15) is 23.7 Å². The molecule has 0 fully saturated rings. The highest BCUT2D eigenvalue weighted by atomic mass is 19.1. The molecule has 0 unspecified atom stereocenters. The maximum absolute atomic E-state index is 13.3. The molecule has 0 atom stereocenters. The number of benzene rings is 1. The molecule has 0 saturated carbocycles. The Hall–Kier alpha value is -2.11. The third-order valence-electron chi connectivity index (χ3n) is 2.20. The molecule has 0 aliphatic rings. The quantitative estimate of drug-likeness (QED) is 0.726. The number of carbonyl (C=O) groups is 2. The summed E-state index contributed by atoms with van der Waals surface area (Å²) in [4.78, 5) is 22.8. The molecule has 1 aromatic rings. The summed E-state index contributed by atoms with van der Waals surface area (Å²) < 4.78 is 13.3. The number of hydrogen-bond donors (Lipinski definition) is 3. The Morgan fingerprint density at radius 2 is 2.06 bits per heavy atom. The Labute approximate surface area is 104 Å². The van der Waals surface area contributed by atoms with Crippen LogP contribution in [0.3, 0.4) is 0 Å². The SMILES string of the molecule is CCCNC(=O)CNC(=O)c1c(O)cccc1F. The predicted octanol–water partition coefficient (Wildman–Crippen LogP) is 0.787. The molecule has 0 aromatic heterocycles. The van der Waals surface area contributed by atoms with Crippen molar-refractivity contribution in [3.8, 4) is 5.75 Å². The molecular weight excluding hydrogens is 239 g/mol. The van der Waals surface area contributed by atoms with Crippen LogP contribution in [0, 0.1) is 5.82 Å². The Bertz CT molecular complexity index is 429. The van der Waals surface area contributed by atoms with Crippen molar-refractivity contribution in [3.63, 3.8) is 0 Å². The normalized spacial score (nSPS) is 9.89. The summed E-state index contributed by atoms with van der Waals surface area (Å²) in [7, 11) is 0. The van der Waals surface area contributed by atoms with Crippen molar-refractivity contribution in [2.75, 3.05) is 13.1 Å². The van der Waals surface area contributed by atoms with E-state index < -0.39 is 23.0 Å². The summed E-state index contributed by atoms with van der Waals surface area (Å²) in [5.74, 6) is -2.47. The zero-order valence-corrected chi connectivity index (χ0v) is 10.00. The van der Waals surface area contributed by atoms with Crippen molar-refractivity contribution in [2.24, 2.45) is 0 Å². The van der Waals surface area contributed by atoms with Crippen LogP contribution in [0.25, 0.3) is 0 Å². The third kappa shape index (κ3) is 3.73. The number of hydrogen-bond acceptors (Lipinski definition) is 3. The van der Waals surface area contributed by atoms with Gasteiger partial charge in [-0.3, -0.25) is 9.59 Å². The maximum atomic E-state index is 13.3. The minimum Gasteiger partial charge on any atom is -0.507 e. The van der Waals surface area contributed by atoms with Gasteiger partial charge in [-0.15, -0.1) is 0 Å². The van der Waals surface area contributed by atoms with Gasteiger partial charge in [0, 0.05) is 6.54 Å². The molecule has 3 N–H and O–H groups in total. The lowest BCUT2D eigenvalue weighted by atomic mass is 10.1. The number of phenols is 1. The Balaban J connectivity index is 2.58. The lowest BCUT2D eigenvalue weighted by Gasteiger charge is -2.07. The minimum atomic E-state index is -0.832. The Morgan fingerprint density at radius 3 is 2.67 bits per heavy atom. The first-order valence-corrected chi connectivity index (χ1v) is 5.58. The summed E-state index contributed by atoms with van der Waals surface area (Å²) in [6, 6.07) is 3.55. The number of amides is 2. The highest BCUT2D eigenvalue weighted by Gasteiger charge is 2.16. The van der Waals surface area contributed by atoms with Gasteiger partial charge in [0.15, 0.2) is 0 Å². The lowest BCUT2D eigenvalue weighted by Crippen LogP contribution is -2.37. The van der Waals surface area contributed by atoms with Gasteiger partial charge in [0.25, 0.3) is 5.91 Å². The van der Waals surface area contributed by atoms with Crippen LogP contribution in [-0.4, -0.2) is 30.0 Å². The van der Waals surface area contributed by atoms with Gasteiger partial charge in [-0.05, 0) is 18.6 Å². The standard InChI is InChI=1S/C12H15FN2O3/c1-2-6-14-10(17)7-15-12(18)11-8(13)4-3-5-9(11)16/h3-5,16H,2,6-7H2,1H3,(H,14,17)(H,15,18). The summed E-state index contributed by atoms with van der Waals surface area (Å²) in [5, 5.41) is 14.2. The van der Waals surface area contributed by atoms with Crippen LogP contribution in [-0.2, 0) is 4.79 Å². The van der Waals surface area contributed by atoms with E-state index in [1.807, 2.05) is 6.92 Å². The molecule has 18 heavy (non-hydrogen) atoms. The van der Waals surface area contributed by atoms with E-state index in [0.717, 1.165) is 12.5 Å². The highest BCUT2D eigenvalue weighted by molar-refractivity contribution is 5.98. The molecule has 0 radical (unpaired) electrons. The third-order valence-corrected chi connectivity index (χ3v) is 2.20. The first kappa shape index (κ1) is 14.0. The molecule has 1 rings (SSSR count). The molecule has 98 valence electrons. The molecule has 0 aliphatic carbocycles. The second-order valence-corrected chi connectivity index (χ2v) is 3.67. The second kappa shape index (κ2) is 6.58. The van der Waals surface area contributed by atoms with Crippen molar-refractivity contribution >= 4 is 11.8 Å². The Kier molecular flexibility index (Phi) is 5.10. The monoisotopic (exact) mass is 254 g/mol. The van der Waals surface area contributed by atoms with Crippen molar-refractivity contribution in [3.05, 3.63) is 29.6 Å². The molecule has 5 nitrogen and oxygen atoms in total. The number of aromatic hydroxyl groups is 1. The van der Waals surface area contributed by atoms with E-state index in [4.69, 9.17) is 0 Å². The zero-order valence-electron chi connectivity index (χ0n) is 10.00. The minimum absolute atomic E-state index is 0.257. The largest absolute Gasteiger partial charge is 0.507 e. The Morgan fingerprint density at radius 1 is 1.33 bits per heavy atom. The van der Waals surface area contributed by atoms with Gasteiger partial charge in [0.1, 0.15) is 17.1 Å². The van der Waals surface area contributed by atoms with Crippen LogP contribution in [0.15, 0.2) is 18.2 Å². The molecule has 1 aromatic carbocycles. The fourth-order valence-electron chi connectivity index (χ4n) is 1.31. The fraction of sp³-hybridized carbons (Fsp3) is 0.333. The van der Waals surface area contributed by atoms with Gasteiger partial charge < -0.3 is 15.7 Å². The number of rotatable bonds is 5. The van der Waals surface area contributed by atoms with Gasteiger partial charge in [-0.2, -0.15) is 0 Å². The summed E-state index contributed by atoms with van der Waals surface area (Å²) in [5.41, 5.74) is -0.458. The lowest BCUT2D eigenvalue weighted by molar-refractivity contribution is -0.120. The summed E-state index contributed by atoms with van der Waals surface area (Å²) in [6.07, 6.45) is 0.786. The highest BCUT2D eigenvalue weighted by Crippen LogP contribution is 2.19. The van der Waals surface area contributed by atoms with E-state index >= 15 is 0 Å². The second-order valence-electron chi connectivity index (χ2n) is 3.67. The first-order valence-electron chi connectivity index (χ1n) is 5.58. The smallest absolute Gasteiger partial charge is 0.258 e. The molecule has 0 bridgehead atoms. The van der Waals surface area contributed by atoms with Crippen LogP contribution in [0.4, 0.5) is 4.39 Å². The van der Waals surface area contributed by atoms with E-state index in [0.29, 0.717) is 6.54 Å². The molecule has 0 spiro atoms. The molecule has 0 heterocycles. The number of phenolic OH excluding ortho intramolecular Hbond substituents is 1. The van der Waals surface area contributed by atoms with Crippen molar-refractivity contribution in [1.29, 1.82) is 0 Å². The average Bonchev–Trinajstić information content (AvgIpc) is 2.33. The molecule has 6 heteroatoms. The maximum Gasteiger partial charge on any atom is 0.258 e. The number of carbonyl (C=O) groups excluding carboxylic acids is 2. The zero-order chi connectivity index (χ0) is 13.5. The molecular formula is C12H15FN2O3. The van der Waals surface area contributed by atoms with E-state index in [9.17, 15) is 19.1 Å². The van der Waals surface area contributed by atoms with Crippen LogP contribution >= 0.6 is 0 Å². The van der Waals surface area contributed by atoms with Crippen molar-refractivity contribution in [2.45, 2.75) is 13.3 Å². The van der Waals surface area contributed by atoms with Crippen LogP contribution in [0.5, 0.6) is 5.75 Å². The summed E-state index contributed by atoms with van der Waals surface area (Å²) in [6.45, 7) is 2.16. The van der Waals surface area contributed by atoms with Gasteiger partial charge in [0.2, 0.25) is 5.91 Å². The average molecular weight is 254 g/mol. The summed E-state index contributed by atoms with van der Waals surface area (Å²) >= 11 is 0. The number of halogens is 1. The van der Waals surface area contributed by atoms with Crippen molar-refractivity contribution in [1.82, 2.24) is 10.6 Å². The van der Waals surface area contributed by atoms with E-state index in [1.165, 1.54) is 12.1 Å². The van der Waals surface area contributed by atoms with E-state index in [2.05, 4.69) is 10.6 Å². The first-order chi connectivity index (χ1) is 8.56. The van der Waals surface area contributed by atoms with Gasteiger partial charge in [-0.1, -0.05) is 13.0 Å². The van der Waals surface area contributed by atoms with Crippen LogP contribution < -0.4 is 10.6 Å².